The maximum atomic E-state index is 12.6. The van der Waals surface area contributed by atoms with Gasteiger partial charge in [-0.05, 0) is 72.2 Å². The van der Waals surface area contributed by atoms with Crippen molar-refractivity contribution in [3.63, 3.8) is 0 Å². The predicted molar refractivity (Wildman–Crippen MR) is 173 cm³/mol. The van der Waals surface area contributed by atoms with Gasteiger partial charge in [-0.2, -0.15) is 0 Å². The number of benzene rings is 4. The molecule has 0 heterocycles. The topological polar surface area (TPSA) is 52.6 Å². The summed E-state index contributed by atoms with van der Waals surface area (Å²) in [5, 5.41) is 1.37. The SMILES string of the molecule is CCCCCc1ccc(/C=C/C(=O)Oc2ccc(OC(=O)/C=C/c3ccc(CCCCC)cc3)c3ccccc23)cc1. The summed E-state index contributed by atoms with van der Waals surface area (Å²) >= 11 is 0. The lowest BCUT2D eigenvalue weighted by molar-refractivity contribution is -0.129. The molecule has 0 aliphatic carbocycles. The van der Waals surface area contributed by atoms with E-state index in [1.165, 1.54) is 61.8 Å². The van der Waals surface area contributed by atoms with Crippen molar-refractivity contribution in [2.75, 3.05) is 0 Å². The molecule has 0 aliphatic heterocycles. The van der Waals surface area contributed by atoms with Crippen LogP contribution in [-0.4, -0.2) is 11.9 Å². The summed E-state index contributed by atoms with van der Waals surface area (Å²) in [4.78, 5) is 25.3. The Morgan fingerprint density at radius 1 is 0.548 bits per heavy atom. The Kier molecular flexibility index (Phi) is 11.7. The van der Waals surface area contributed by atoms with Gasteiger partial charge in [-0.15, -0.1) is 0 Å². The van der Waals surface area contributed by atoms with E-state index in [0.717, 1.165) is 24.0 Å². The highest BCUT2D eigenvalue weighted by Gasteiger charge is 2.12. The Morgan fingerprint density at radius 2 is 0.952 bits per heavy atom. The Morgan fingerprint density at radius 3 is 1.33 bits per heavy atom. The maximum absolute atomic E-state index is 12.6. The lowest BCUT2D eigenvalue weighted by Gasteiger charge is -2.10. The summed E-state index contributed by atoms with van der Waals surface area (Å²) in [6, 6.07) is 27.2. The molecule has 0 saturated heterocycles. The largest absolute Gasteiger partial charge is 0.423 e. The van der Waals surface area contributed by atoms with Crippen LogP contribution in [0.4, 0.5) is 0 Å². The van der Waals surface area contributed by atoms with Gasteiger partial charge in [0, 0.05) is 22.9 Å². The van der Waals surface area contributed by atoms with Gasteiger partial charge in [0.1, 0.15) is 11.5 Å². The molecule has 0 fully saturated rings. The van der Waals surface area contributed by atoms with Crippen LogP contribution in [0.15, 0.2) is 97.1 Å². The number of unbranched alkanes of at least 4 members (excludes halogenated alkanes) is 4. The van der Waals surface area contributed by atoms with Gasteiger partial charge in [-0.3, -0.25) is 0 Å². The molecule has 4 aromatic rings. The number of carbonyl (C=O) groups is 2. The van der Waals surface area contributed by atoms with Crippen LogP contribution in [0.1, 0.15) is 74.6 Å². The molecule has 0 atom stereocenters. The van der Waals surface area contributed by atoms with E-state index in [0.29, 0.717) is 22.3 Å². The number of ether oxygens (including phenoxy) is 2. The number of esters is 2. The number of hydrogen-bond donors (Lipinski definition) is 0. The minimum Gasteiger partial charge on any atom is -0.423 e. The maximum Gasteiger partial charge on any atom is 0.336 e. The van der Waals surface area contributed by atoms with Crippen LogP contribution in [-0.2, 0) is 22.4 Å². The van der Waals surface area contributed by atoms with Crippen LogP contribution in [0.3, 0.4) is 0 Å². The van der Waals surface area contributed by atoms with Crippen molar-refractivity contribution in [3.8, 4) is 11.5 Å². The fourth-order valence-electron chi connectivity index (χ4n) is 4.78. The molecule has 0 radical (unpaired) electrons. The molecule has 4 nitrogen and oxygen atoms in total. The summed E-state index contributed by atoms with van der Waals surface area (Å²) in [5.41, 5.74) is 4.49. The standard InChI is InChI=1S/C38H40O4/c1-3-5-7-11-29-15-19-31(20-16-29)23-27-37(39)41-35-25-26-36(34-14-10-9-13-33(34)35)42-38(40)28-24-32-21-17-30(18-22-32)12-8-6-4-2/h9-10,13-28H,3-8,11-12H2,1-2H3/b27-23+,28-24+. The van der Waals surface area contributed by atoms with Crippen molar-refractivity contribution in [2.24, 2.45) is 0 Å². The van der Waals surface area contributed by atoms with Crippen molar-refractivity contribution in [2.45, 2.75) is 65.2 Å². The van der Waals surface area contributed by atoms with Crippen LogP contribution in [0, 0.1) is 0 Å². The van der Waals surface area contributed by atoms with Crippen molar-refractivity contribution >= 4 is 34.9 Å². The molecule has 0 saturated carbocycles. The highest BCUT2D eigenvalue weighted by Crippen LogP contribution is 2.33. The Balaban J connectivity index is 1.37. The Hall–Kier alpha value is -4.44. The van der Waals surface area contributed by atoms with E-state index in [1.807, 2.05) is 48.5 Å². The van der Waals surface area contributed by atoms with E-state index >= 15 is 0 Å². The van der Waals surface area contributed by atoms with E-state index in [1.54, 1.807) is 24.3 Å². The molecule has 4 aromatic carbocycles. The first-order valence-electron chi connectivity index (χ1n) is 15.0. The molecule has 0 aliphatic rings. The summed E-state index contributed by atoms with van der Waals surface area (Å²) in [5.74, 6) is -0.144. The lowest BCUT2D eigenvalue weighted by Crippen LogP contribution is -2.06. The van der Waals surface area contributed by atoms with Gasteiger partial charge in [0.15, 0.2) is 0 Å². The zero-order chi connectivity index (χ0) is 29.6. The van der Waals surface area contributed by atoms with Gasteiger partial charge in [-0.25, -0.2) is 9.59 Å². The van der Waals surface area contributed by atoms with Crippen LogP contribution in [0.2, 0.25) is 0 Å². The minimum atomic E-state index is -0.476. The van der Waals surface area contributed by atoms with Crippen molar-refractivity contribution in [1.29, 1.82) is 0 Å². The molecule has 4 rings (SSSR count). The zero-order valence-corrected chi connectivity index (χ0v) is 24.7. The quantitative estimate of drug-likeness (QED) is 0.0667. The monoisotopic (exact) mass is 560 g/mol. The average molecular weight is 561 g/mol. The highest BCUT2D eigenvalue weighted by molar-refractivity contribution is 5.99. The third-order valence-corrected chi connectivity index (χ3v) is 7.19. The number of aryl methyl sites for hydroxylation is 2. The second-order valence-electron chi connectivity index (χ2n) is 10.5. The van der Waals surface area contributed by atoms with Crippen LogP contribution in [0.5, 0.6) is 11.5 Å². The van der Waals surface area contributed by atoms with E-state index in [2.05, 4.69) is 38.1 Å². The van der Waals surface area contributed by atoms with Gasteiger partial charge >= 0.3 is 11.9 Å². The highest BCUT2D eigenvalue weighted by atomic mass is 16.5. The predicted octanol–water partition coefficient (Wildman–Crippen LogP) is 9.54. The van der Waals surface area contributed by atoms with Gasteiger partial charge in [-0.1, -0.05) is 112 Å². The van der Waals surface area contributed by atoms with E-state index in [4.69, 9.17) is 9.47 Å². The van der Waals surface area contributed by atoms with Crippen LogP contribution < -0.4 is 9.47 Å². The van der Waals surface area contributed by atoms with E-state index in [-0.39, 0.29) is 0 Å². The molecule has 0 bridgehead atoms. The second kappa shape index (κ2) is 16.1. The van der Waals surface area contributed by atoms with Crippen molar-refractivity contribution < 1.29 is 19.1 Å². The van der Waals surface area contributed by atoms with Crippen LogP contribution >= 0.6 is 0 Å². The Labute approximate surface area is 249 Å². The number of carbonyl (C=O) groups excluding carboxylic acids is 2. The molecule has 0 spiro atoms. The minimum absolute atomic E-state index is 0.404. The number of rotatable bonds is 14. The summed E-state index contributed by atoms with van der Waals surface area (Å²) in [7, 11) is 0. The summed E-state index contributed by atoms with van der Waals surface area (Å²) in [6.45, 7) is 4.40. The first kappa shape index (κ1) is 30.5. The third-order valence-electron chi connectivity index (χ3n) is 7.19. The molecule has 42 heavy (non-hydrogen) atoms. The molecular formula is C38H40O4. The zero-order valence-electron chi connectivity index (χ0n) is 24.7. The van der Waals surface area contributed by atoms with Gasteiger partial charge in [0.25, 0.3) is 0 Å². The first-order chi connectivity index (χ1) is 20.6. The second-order valence-corrected chi connectivity index (χ2v) is 10.5. The third kappa shape index (κ3) is 9.31. The van der Waals surface area contributed by atoms with Crippen LogP contribution in [0.25, 0.3) is 22.9 Å². The summed E-state index contributed by atoms with van der Waals surface area (Å²) in [6.07, 6.45) is 15.8. The smallest absolute Gasteiger partial charge is 0.336 e. The van der Waals surface area contributed by atoms with E-state index in [9.17, 15) is 9.59 Å². The number of hydrogen-bond acceptors (Lipinski definition) is 4. The molecule has 0 unspecified atom stereocenters. The first-order valence-corrected chi connectivity index (χ1v) is 15.0. The van der Waals surface area contributed by atoms with Gasteiger partial charge in [0.05, 0.1) is 0 Å². The average Bonchev–Trinajstić information content (AvgIpc) is 3.02. The van der Waals surface area contributed by atoms with Crippen molar-refractivity contribution in [1.82, 2.24) is 0 Å². The van der Waals surface area contributed by atoms with Crippen molar-refractivity contribution in [3.05, 3.63) is 119 Å². The molecule has 0 N–H and O–H groups in total. The molecule has 4 heteroatoms. The number of fused-ring (bicyclic) bond motifs is 1. The van der Waals surface area contributed by atoms with E-state index < -0.39 is 11.9 Å². The fourth-order valence-corrected chi connectivity index (χ4v) is 4.78. The fraction of sp³-hybridized carbons (Fsp3) is 0.263. The molecule has 0 aromatic heterocycles. The normalized spacial score (nSPS) is 11.4. The van der Waals surface area contributed by atoms with Gasteiger partial charge < -0.3 is 9.47 Å². The Bertz CT molecular complexity index is 1400. The molecule has 216 valence electrons. The van der Waals surface area contributed by atoms with Gasteiger partial charge in [0.2, 0.25) is 0 Å². The summed E-state index contributed by atoms with van der Waals surface area (Å²) < 4.78 is 11.3. The lowest BCUT2D eigenvalue weighted by atomic mass is 10.1. The molecular weight excluding hydrogens is 520 g/mol. The molecule has 0 amide bonds.